The van der Waals surface area contributed by atoms with Gasteiger partial charge >= 0.3 is 0 Å². The molecular weight excluding hydrogens is 542 g/mol. The number of halogens is 1. The topological polar surface area (TPSA) is 86.8 Å². The molecule has 0 aromatic heterocycles. The lowest BCUT2D eigenvalue weighted by Gasteiger charge is -2.32. The van der Waals surface area contributed by atoms with E-state index in [1.807, 2.05) is 31.2 Å². The molecule has 0 saturated heterocycles. The molecule has 0 aliphatic rings. The summed E-state index contributed by atoms with van der Waals surface area (Å²) >= 11 is 3.39. The molecule has 190 valence electrons. The molecule has 2 amide bonds. The number of benzene rings is 3. The van der Waals surface area contributed by atoms with Crippen LogP contribution in [0.4, 0.5) is 5.69 Å². The number of hydrogen-bond acceptors (Lipinski definition) is 4. The maximum Gasteiger partial charge on any atom is 0.264 e. The van der Waals surface area contributed by atoms with Gasteiger partial charge in [0.15, 0.2) is 0 Å². The van der Waals surface area contributed by atoms with Crippen molar-refractivity contribution >= 4 is 43.5 Å². The summed E-state index contributed by atoms with van der Waals surface area (Å²) < 4.78 is 29.1. The normalized spacial score (nSPS) is 12.0. The summed E-state index contributed by atoms with van der Waals surface area (Å²) in [5, 5.41) is 2.75. The van der Waals surface area contributed by atoms with E-state index in [2.05, 4.69) is 21.2 Å². The van der Waals surface area contributed by atoms with Gasteiger partial charge in [0.2, 0.25) is 11.8 Å². The number of rotatable bonds is 10. The van der Waals surface area contributed by atoms with Crippen LogP contribution in [0, 0.1) is 6.92 Å². The molecule has 0 saturated carbocycles. The average molecular weight is 573 g/mol. The van der Waals surface area contributed by atoms with Gasteiger partial charge in [-0.2, -0.15) is 0 Å². The number of sulfonamides is 1. The van der Waals surface area contributed by atoms with Crippen LogP contribution in [-0.4, -0.2) is 44.3 Å². The van der Waals surface area contributed by atoms with Crippen molar-refractivity contribution in [2.45, 2.75) is 38.3 Å². The van der Waals surface area contributed by atoms with Gasteiger partial charge in [0.1, 0.15) is 12.6 Å². The molecule has 9 heteroatoms. The molecule has 0 heterocycles. The van der Waals surface area contributed by atoms with E-state index in [1.165, 1.54) is 17.0 Å². The summed E-state index contributed by atoms with van der Waals surface area (Å²) in [4.78, 5) is 27.9. The summed E-state index contributed by atoms with van der Waals surface area (Å²) in [7, 11) is -4.07. The Morgan fingerprint density at radius 3 is 2.25 bits per heavy atom. The first-order valence-corrected chi connectivity index (χ1v) is 13.8. The Labute approximate surface area is 221 Å². The fourth-order valence-corrected chi connectivity index (χ4v) is 5.49. The van der Waals surface area contributed by atoms with Crippen molar-refractivity contribution in [2.24, 2.45) is 0 Å². The quantitative estimate of drug-likeness (QED) is 0.388. The number of anilines is 1. The smallest absolute Gasteiger partial charge is 0.264 e. The molecule has 36 heavy (non-hydrogen) atoms. The van der Waals surface area contributed by atoms with Crippen molar-refractivity contribution in [3.63, 3.8) is 0 Å². The zero-order valence-electron chi connectivity index (χ0n) is 20.5. The van der Waals surface area contributed by atoms with Crippen molar-refractivity contribution < 1.29 is 18.0 Å². The highest BCUT2D eigenvalue weighted by atomic mass is 79.9. The second kappa shape index (κ2) is 12.2. The number of hydrogen-bond donors (Lipinski definition) is 1. The summed E-state index contributed by atoms with van der Waals surface area (Å²) in [6.07, 6.45) is 0. The minimum Gasteiger partial charge on any atom is -0.355 e. The SMILES string of the molecule is CCNC(=O)[C@@H](C)N(Cc1ccc(C)cc1)C(=O)CN(c1cccc(Br)c1)S(=O)(=O)c1ccccc1. The van der Waals surface area contributed by atoms with Crippen LogP contribution in [0.15, 0.2) is 88.2 Å². The summed E-state index contributed by atoms with van der Waals surface area (Å²) in [6.45, 7) is 5.53. The van der Waals surface area contributed by atoms with Crippen LogP contribution < -0.4 is 9.62 Å². The molecule has 0 fully saturated rings. The van der Waals surface area contributed by atoms with Crippen LogP contribution in [0.25, 0.3) is 0 Å². The van der Waals surface area contributed by atoms with E-state index in [0.29, 0.717) is 16.7 Å². The Morgan fingerprint density at radius 2 is 1.64 bits per heavy atom. The van der Waals surface area contributed by atoms with Gasteiger partial charge in [0, 0.05) is 17.6 Å². The molecular formula is C27H30BrN3O4S. The third-order valence-corrected chi connectivity index (χ3v) is 7.98. The molecule has 0 radical (unpaired) electrons. The van der Waals surface area contributed by atoms with Gasteiger partial charge in [0.05, 0.1) is 10.6 Å². The fraction of sp³-hybridized carbons (Fsp3) is 0.259. The first-order valence-electron chi connectivity index (χ1n) is 11.6. The fourth-order valence-electron chi connectivity index (χ4n) is 3.67. The van der Waals surface area contributed by atoms with Crippen LogP contribution >= 0.6 is 15.9 Å². The van der Waals surface area contributed by atoms with Gasteiger partial charge in [-0.1, -0.05) is 70.0 Å². The number of nitrogens with zero attached hydrogens (tertiary/aromatic N) is 2. The predicted octanol–water partition coefficient (Wildman–Crippen LogP) is 4.51. The molecule has 0 aliphatic carbocycles. The van der Waals surface area contributed by atoms with Gasteiger partial charge in [-0.3, -0.25) is 13.9 Å². The number of carbonyl (C=O) groups excluding carboxylic acids is 2. The van der Waals surface area contributed by atoms with Gasteiger partial charge in [-0.15, -0.1) is 0 Å². The first kappa shape index (κ1) is 27.4. The van der Waals surface area contributed by atoms with Crippen LogP contribution in [-0.2, 0) is 26.2 Å². The highest BCUT2D eigenvalue weighted by Gasteiger charge is 2.32. The van der Waals surface area contributed by atoms with E-state index in [9.17, 15) is 18.0 Å². The van der Waals surface area contributed by atoms with Gasteiger partial charge in [-0.05, 0) is 56.7 Å². The van der Waals surface area contributed by atoms with Gasteiger partial charge in [-0.25, -0.2) is 8.42 Å². The monoisotopic (exact) mass is 571 g/mol. The zero-order chi connectivity index (χ0) is 26.3. The van der Waals surface area contributed by atoms with E-state index in [-0.39, 0.29) is 17.3 Å². The van der Waals surface area contributed by atoms with E-state index in [4.69, 9.17) is 0 Å². The van der Waals surface area contributed by atoms with Crippen LogP contribution in [0.2, 0.25) is 0 Å². The maximum atomic E-state index is 13.7. The van der Waals surface area contributed by atoms with Gasteiger partial charge in [0.25, 0.3) is 10.0 Å². The van der Waals surface area contributed by atoms with Crippen LogP contribution in [0.3, 0.4) is 0 Å². The number of carbonyl (C=O) groups is 2. The lowest BCUT2D eigenvalue weighted by Crippen LogP contribution is -2.51. The largest absolute Gasteiger partial charge is 0.355 e. The van der Waals surface area contributed by atoms with Gasteiger partial charge < -0.3 is 10.2 Å². The summed E-state index contributed by atoms with van der Waals surface area (Å²) in [5.74, 6) is -0.799. The summed E-state index contributed by atoms with van der Waals surface area (Å²) in [5.41, 5.74) is 2.25. The second-order valence-corrected chi connectivity index (χ2v) is 11.2. The molecule has 0 aliphatic heterocycles. The first-order chi connectivity index (χ1) is 17.1. The van der Waals surface area contributed by atoms with E-state index < -0.39 is 28.5 Å². The highest BCUT2D eigenvalue weighted by Crippen LogP contribution is 2.27. The second-order valence-electron chi connectivity index (χ2n) is 8.38. The van der Waals surface area contributed by atoms with Crippen molar-refractivity contribution in [3.8, 4) is 0 Å². The number of amides is 2. The lowest BCUT2D eigenvalue weighted by atomic mass is 10.1. The third kappa shape index (κ3) is 6.73. The van der Waals surface area contributed by atoms with Crippen molar-refractivity contribution in [3.05, 3.63) is 94.5 Å². The van der Waals surface area contributed by atoms with Crippen LogP contribution in [0.5, 0.6) is 0 Å². The minimum atomic E-state index is -4.07. The number of nitrogens with one attached hydrogen (secondary N) is 1. The Hall–Kier alpha value is -3.17. The van der Waals surface area contributed by atoms with Crippen molar-refractivity contribution in [1.29, 1.82) is 0 Å². The minimum absolute atomic E-state index is 0.0691. The molecule has 3 rings (SSSR count). The molecule has 1 atom stereocenters. The van der Waals surface area contributed by atoms with Crippen molar-refractivity contribution in [1.82, 2.24) is 10.2 Å². The predicted molar refractivity (Wildman–Crippen MR) is 145 cm³/mol. The molecule has 7 nitrogen and oxygen atoms in total. The molecule has 0 unspecified atom stereocenters. The highest BCUT2D eigenvalue weighted by molar-refractivity contribution is 9.10. The summed E-state index contributed by atoms with van der Waals surface area (Å²) in [6, 6.07) is 21.6. The Bertz CT molecular complexity index is 1300. The molecule has 3 aromatic carbocycles. The number of likely N-dealkylation sites (N-methyl/N-ethyl adjacent to an activating group) is 1. The average Bonchev–Trinajstić information content (AvgIpc) is 2.87. The van der Waals surface area contributed by atoms with E-state index in [1.54, 1.807) is 56.3 Å². The number of aryl methyl sites for hydroxylation is 1. The van der Waals surface area contributed by atoms with E-state index in [0.717, 1.165) is 15.4 Å². The van der Waals surface area contributed by atoms with Crippen LogP contribution in [0.1, 0.15) is 25.0 Å². The van der Waals surface area contributed by atoms with E-state index >= 15 is 0 Å². The molecule has 1 N–H and O–H groups in total. The zero-order valence-corrected chi connectivity index (χ0v) is 22.9. The van der Waals surface area contributed by atoms with Crippen molar-refractivity contribution in [2.75, 3.05) is 17.4 Å². The third-order valence-electron chi connectivity index (χ3n) is 5.70. The Morgan fingerprint density at radius 1 is 0.972 bits per heavy atom. The molecule has 0 bridgehead atoms. The maximum absolute atomic E-state index is 13.7. The molecule has 0 spiro atoms. The Balaban J connectivity index is 2.01. The Kier molecular flexibility index (Phi) is 9.28. The molecule has 3 aromatic rings. The lowest BCUT2D eigenvalue weighted by molar-refractivity contribution is -0.139. The standard InChI is InChI=1S/C27H30BrN3O4S/c1-4-29-27(33)21(3)30(18-22-15-13-20(2)14-16-22)26(32)19-31(24-10-8-9-23(28)17-24)36(34,35)25-11-6-5-7-12-25/h5-17,21H,4,18-19H2,1-3H3,(H,29,33)/t21-/m1/s1.